The van der Waals surface area contributed by atoms with Gasteiger partial charge in [-0.3, -0.25) is 9.59 Å². The highest BCUT2D eigenvalue weighted by molar-refractivity contribution is 9.10. The molecule has 1 fully saturated rings. The molecule has 2 rings (SSSR count). The molecule has 2 N–H and O–H groups in total. The van der Waals surface area contributed by atoms with Crippen LogP contribution < -0.4 is 10.6 Å². The van der Waals surface area contributed by atoms with E-state index in [2.05, 4.69) is 26.6 Å². The number of anilines is 1. The summed E-state index contributed by atoms with van der Waals surface area (Å²) in [6.45, 7) is 0. The molecule has 96 valence electrons. The van der Waals surface area contributed by atoms with E-state index in [-0.39, 0.29) is 22.5 Å². The third kappa shape index (κ3) is 2.66. The third-order valence-corrected chi connectivity index (χ3v) is 3.19. The highest BCUT2D eigenvalue weighted by Gasteiger charge is 2.27. The van der Waals surface area contributed by atoms with E-state index in [0.29, 0.717) is 6.42 Å². The van der Waals surface area contributed by atoms with Gasteiger partial charge in [0.25, 0.3) is 0 Å². The van der Waals surface area contributed by atoms with E-state index in [9.17, 15) is 18.4 Å². The molecule has 1 aliphatic rings. The summed E-state index contributed by atoms with van der Waals surface area (Å²) in [7, 11) is 0. The van der Waals surface area contributed by atoms with Gasteiger partial charge in [0.15, 0.2) is 0 Å². The molecular weight excluding hydrogens is 310 g/mol. The van der Waals surface area contributed by atoms with Crippen LogP contribution in [0.25, 0.3) is 0 Å². The fourth-order valence-electron chi connectivity index (χ4n) is 1.65. The van der Waals surface area contributed by atoms with Crippen LogP contribution >= 0.6 is 15.9 Å². The summed E-state index contributed by atoms with van der Waals surface area (Å²) in [5.41, 5.74) is -0.248. The van der Waals surface area contributed by atoms with Crippen LogP contribution in [0.15, 0.2) is 16.6 Å². The Morgan fingerprint density at radius 3 is 2.72 bits per heavy atom. The summed E-state index contributed by atoms with van der Waals surface area (Å²) in [6, 6.07) is 1.12. The lowest BCUT2D eigenvalue weighted by Crippen LogP contribution is -2.37. The van der Waals surface area contributed by atoms with Gasteiger partial charge in [-0.15, -0.1) is 0 Å². The van der Waals surface area contributed by atoms with Crippen molar-refractivity contribution < 1.29 is 18.4 Å². The number of carbonyl (C=O) groups excluding carboxylic acids is 2. The number of carbonyl (C=O) groups is 2. The minimum absolute atomic E-state index is 0.0211. The second-order valence-electron chi connectivity index (χ2n) is 3.89. The molecule has 0 aliphatic carbocycles. The first-order valence-corrected chi connectivity index (χ1v) is 6.01. The van der Waals surface area contributed by atoms with Crippen molar-refractivity contribution in [2.24, 2.45) is 0 Å². The van der Waals surface area contributed by atoms with Crippen LogP contribution in [0.5, 0.6) is 0 Å². The van der Waals surface area contributed by atoms with Gasteiger partial charge in [-0.2, -0.15) is 0 Å². The van der Waals surface area contributed by atoms with Crippen LogP contribution in [0.3, 0.4) is 0 Å². The summed E-state index contributed by atoms with van der Waals surface area (Å²) >= 11 is 2.84. The van der Waals surface area contributed by atoms with Crippen LogP contribution in [0.2, 0.25) is 0 Å². The molecule has 0 aromatic heterocycles. The highest BCUT2D eigenvalue weighted by atomic mass is 79.9. The van der Waals surface area contributed by atoms with Gasteiger partial charge in [-0.05, 0) is 28.4 Å². The molecule has 18 heavy (non-hydrogen) atoms. The topological polar surface area (TPSA) is 58.2 Å². The Kier molecular flexibility index (Phi) is 3.60. The molecule has 4 nitrogen and oxygen atoms in total. The molecule has 2 amide bonds. The normalized spacial score (nSPS) is 18.6. The Labute approximate surface area is 110 Å². The standard InChI is InChI=1S/C11H9BrF2N2O2/c12-5-3-7(14)9(4-6(5)13)16-11(18)8-1-2-10(17)15-8/h3-4,8H,1-2H2,(H,15,17)(H,16,18)/t8-/m0/s1. The molecule has 7 heteroatoms. The first-order valence-electron chi connectivity index (χ1n) is 5.22. The maximum absolute atomic E-state index is 13.5. The molecule has 1 heterocycles. The van der Waals surface area contributed by atoms with Crippen LogP contribution in [-0.2, 0) is 9.59 Å². The zero-order valence-corrected chi connectivity index (χ0v) is 10.7. The lowest BCUT2D eigenvalue weighted by Gasteiger charge is -2.11. The fraction of sp³-hybridized carbons (Fsp3) is 0.273. The summed E-state index contributed by atoms with van der Waals surface area (Å²) in [4.78, 5) is 22.6. The van der Waals surface area contributed by atoms with Crippen LogP contribution in [-0.4, -0.2) is 17.9 Å². The number of nitrogens with one attached hydrogen (secondary N) is 2. The molecule has 0 bridgehead atoms. The Hall–Kier alpha value is -1.50. The van der Waals surface area contributed by atoms with E-state index < -0.39 is 23.6 Å². The average Bonchev–Trinajstić information content (AvgIpc) is 2.73. The number of benzene rings is 1. The van der Waals surface area contributed by atoms with Gasteiger partial charge in [0, 0.05) is 12.5 Å². The number of hydrogen-bond donors (Lipinski definition) is 2. The maximum atomic E-state index is 13.5. The van der Waals surface area contributed by atoms with Crippen LogP contribution in [0.1, 0.15) is 12.8 Å². The Morgan fingerprint density at radius 2 is 2.11 bits per heavy atom. The smallest absolute Gasteiger partial charge is 0.247 e. The molecule has 1 saturated heterocycles. The van der Waals surface area contributed by atoms with Crippen molar-refractivity contribution >= 4 is 33.4 Å². The van der Waals surface area contributed by atoms with Crippen LogP contribution in [0, 0.1) is 11.6 Å². The molecule has 1 aromatic carbocycles. The van der Waals surface area contributed by atoms with E-state index in [1.54, 1.807) is 0 Å². The molecule has 0 unspecified atom stereocenters. The lowest BCUT2D eigenvalue weighted by atomic mass is 10.2. The van der Waals surface area contributed by atoms with Gasteiger partial charge in [-0.25, -0.2) is 8.78 Å². The van der Waals surface area contributed by atoms with Crippen molar-refractivity contribution in [1.29, 1.82) is 0 Å². The molecule has 1 aromatic rings. The van der Waals surface area contributed by atoms with Crippen molar-refractivity contribution in [3.63, 3.8) is 0 Å². The number of hydrogen-bond acceptors (Lipinski definition) is 2. The summed E-state index contributed by atoms with van der Waals surface area (Å²) in [5, 5.41) is 4.69. The van der Waals surface area contributed by atoms with E-state index in [0.717, 1.165) is 12.1 Å². The molecule has 1 aliphatic heterocycles. The van der Waals surface area contributed by atoms with Gasteiger partial charge in [0.1, 0.15) is 17.7 Å². The summed E-state index contributed by atoms with van der Waals surface area (Å²) in [6.07, 6.45) is 0.612. The fourth-order valence-corrected chi connectivity index (χ4v) is 1.96. The summed E-state index contributed by atoms with van der Waals surface area (Å²) < 4.78 is 26.6. The zero-order valence-electron chi connectivity index (χ0n) is 9.10. The predicted molar refractivity (Wildman–Crippen MR) is 63.9 cm³/mol. The molecule has 0 radical (unpaired) electrons. The van der Waals surface area contributed by atoms with Gasteiger partial charge in [-0.1, -0.05) is 0 Å². The Bertz CT molecular complexity index is 522. The first-order chi connectivity index (χ1) is 8.47. The van der Waals surface area contributed by atoms with Crippen molar-refractivity contribution in [2.75, 3.05) is 5.32 Å². The summed E-state index contributed by atoms with van der Waals surface area (Å²) in [5.74, 6) is -2.21. The van der Waals surface area contributed by atoms with E-state index >= 15 is 0 Å². The molecule has 0 spiro atoms. The molecular formula is C11H9BrF2N2O2. The molecule has 1 atom stereocenters. The van der Waals surface area contributed by atoms with Gasteiger partial charge in [0.2, 0.25) is 11.8 Å². The minimum atomic E-state index is -0.749. The van der Waals surface area contributed by atoms with E-state index in [1.165, 1.54) is 0 Å². The number of halogens is 3. The van der Waals surface area contributed by atoms with Crippen molar-refractivity contribution in [1.82, 2.24) is 5.32 Å². The highest BCUT2D eigenvalue weighted by Crippen LogP contribution is 2.23. The second kappa shape index (κ2) is 5.01. The Morgan fingerprint density at radius 1 is 1.39 bits per heavy atom. The first kappa shape index (κ1) is 12.9. The van der Waals surface area contributed by atoms with E-state index in [4.69, 9.17) is 0 Å². The van der Waals surface area contributed by atoms with Crippen molar-refractivity contribution in [3.8, 4) is 0 Å². The van der Waals surface area contributed by atoms with Crippen LogP contribution in [0.4, 0.5) is 14.5 Å². The average molecular weight is 319 g/mol. The zero-order chi connectivity index (χ0) is 13.3. The van der Waals surface area contributed by atoms with Gasteiger partial charge < -0.3 is 10.6 Å². The molecule has 0 saturated carbocycles. The monoisotopic (exact) mass is 318 g/mol. The lowest BCUT2D eigenvalue weighted by molar-refractivity contribution is -0.122. The van der Waals surface area contributed by atoms with Gasteiger partial charge in [0.05, 0.1) is 10.2 Å². The van der Waals surface area contributed by atoms with Gasteiger partial charge >= 0.3 is 0 Å². The number of amides is 2. The SMILES string of the molecule is O=C1CC[C@@H](C(=O)Nc2cc(F)c(Br)cc2F)N1. The second-order valence-corrected chi connectivity index (χ2v) is 4.75. The maximum Gasteiger partial charge on any atom is 0.247 e. The van der Waals surface area contributed by atoms with Crippen molar-refractivity contribution in [3.05, 3.63) is 28.2 Å². The van der Waals surface area contributed by atoms with E-state index in [1.807, 2.05) is 0 Å². The third-order valence-electron chi connectivity index (χ3n) is 2.58. The quantitative estimate of drug-likeness (QED) is 0.819. The Balaban J connectivity index is 2.12. The minimum Gasteiger partial charge on any atom is -0.344 e. The largest absolute Gasteiger partial charge is 0.344 e. The van der Waals surface area contributed by atoms with Crippen molar-refractivity contribution in [2.45, 2.75) is 18.9 Å². The number of rotatable bonds is 2. The predicted octanol–water partition coefficient (Wildman–Crippen LogP) is 1.94.